The number of non-ortho nitro benzene ring substituents is 1. The summed E-state index contributed by atoms with van der Waals surface area (Å²) >= 11 is 0. The number of benzene rings is 1. The molecule has 1 aliphatic rings. The highest BCUT2D eigenvalue weighted by atomic mass is 16.6. The van der Waals surface area contributed by atoms with Crippen LogP contribution < -0.4 is 5.32 Å². The molecular weight excluding hydrogens is 282 g/mol. The Labute approximate surface area is 118 Å². The number of nitro groups is 1. The minimum Gasteiger partial charge on any atom is -0.477 e. The molecule has 2 rings (SSSR count). The first-order valence-corrected chi connectivity index (χ1v) is 5.94. The van der Waals surface area contributed by atoms with E-state index in [2.05, 4.69) is 10.5 Å². The summed E-state index contributed by atoms with van der Waals surface area (Å²) < 4.78 is 0. The van der Waals surface area contributed by atoms with Crippen LogP contribution in [-0.2, 0) is 21.0 Å². The third-order valence-electron chi connectivity index (χ3n) is 2.82. The zero-order valence-corrected chi connectivity index (χ0v) is 10.7. The zero-order chi connectivity index (χ0) is 15.4. The quantitative estimate of drug-likeness (QED) is 0.598. The van der Waals surface area contributed by atoms with E-state index in [1.165, 1.54) is 24.3 Å². The molecule has 0 aliphatic carbocycles. The lowest BCUT2D eigenvalue weighted by Gasteiger charge is -2.09. The molecule has 2 N–H and O–H groups in total. The summed E-state index contributed by atoms with van der Waals surface area (Å²) in [5.41, 5.74) is 0.431. The smallest absolute Gasteiger partial charge is 0.353 e. The van der Waals surface area contributed by atoms with E-state index in [1.54, 1.807) is 0 Å². The summed E-state index contributed by atoms with van der Waals surface area (Å²) in [4.78, 5) is 37.1. The number of nitrogens with one attached hydrogen (secondary N) is 1. The van der Waals surface area contributed by atoms with Crippen molar-refractivity contribution in [3.63, 3.8) is 0 Å². The van der Waals surface area contributed by atoms with Crippen LogP contribution in [0.4, 0.5) is 5.69 Å². The Bertz CT molecular complexity index is 610. The van der Waals surface area contributed by atoms with Crippen LogP contribution >= 0.6 is 0 Å². The topological polar surface area (TPSA) is 131 Å². The highest BCUT2D eigenvalue weighted by molar-refractivity contribution is 6.36. The maximum atomic E-state index is 11.8. The second kappa shape index (κ2) is 5.99. The molecule has 0 saturated heterocycles. The van der Waals surface area contributed by atoms with Crippen molar-refractivity contribution < 1.29 is 24.5 Å². The summed E-state index contributed by atoms with van der Waals surface area (Å²) in [6.07, 6.45) is -1.06. The van der Waals surface area contributed by atoms with E-state index in [-0.39, 0.29) is 24.4 Å². The summed E-state index contributed by atoms with van der Waals surface area (Å²) in [5.74, 6) is -1.71. The number of aliphatic carboxylic acids is 1. The number of nitro benzene ring substituents is 1. The molecular formula is C12H11N3O6. The van der Waals surface area contributed by atoms with Crippen LogP contribution in [0.25, 0.3) is 0 Å². The number of rotatable bonds is 5. The average molecular weight is 293 g/mol. The van der Waals surface area contributed by atoms with Crippen molar-refractivity contribution in [3.8, 4) is 0 Å². The minimum atomic E-state index is -1.22. The van der Waals surface area contributed by atoms with Crippen LogP contribution in [0.15, 0.2) is 29.4 Å². The molecule has 1 aromatic carbocycles. The van der Waals surface area contributed by atoms with Gasteiger partial charge in [0.1, 0.15) is 0 Å². The molecule has 21 heavy (non-hydrogen) atoms. The predicted molar refractivity (Wildman–Crippen MR) is 69.5 cm³/mol. The number of oxime groups is 1. The highest BCUT2D eigenvalue weighted by Gasteiger charge is 2.31. The van der Waals surface area contributed by atoms with Crippen molar-refractivity contribution in [2.45, 2.75) is 19.1 Å². The predicted octanol–water partition coefficient (Wildman–Crippen LogP) is 0.440. The van der Waals surface area contributed by atoms with Crippen LogP contribution in [0.5, 0.6) is 0 Å². The van der Waals surface area contributed by atoms with Crippen LogP contribution in [0.1, 0.15) is 12.0 Å². The second-order valence-corrected chi connectivity index (χ2v) is 4.28. The van der Waals surface area contributed by atoms with Crippen molar-refractivity contribution in [1.82, 2.24) is 5.32 Å². The number of hydrogen-bond acceptors (Lipinski definition) is 6. The van der Waals surface area contributed by atoms with E-state index >= 15 is 0 Å². The van der Waals surface area contributed by atoms with Crippen LogP contribution in [0, 0.1) is 10.1 Å². The highest BCUT2D eigenvalue weighted by Crippen LogP contribution is 2.13. The van der Waals surface area contributed by atoms with Crippen molar-refractivity contribution >= 4 is 23.3 Å². The fourth-order valence-electron chi connectivity index (χ4n) is 1.68. The van der Waals surface area contributed by atoms with Crippen molar-refractivity contribution in [1.29, 1.82) is 0 Å². The van der Waals surface area contributed by atoms with Gasteiger partial charge in [-0.05, 0) is 5.56 Å². The second-order valence-electron chi connectivity index (χ2n) is 4.28. The summed E-state index contributed by atoms with van der Waals surface area (Å²) in [6.45, 7) is 0.152. The Hall–Kier alpha value is -2.97. The molecule has 0 spiro atoms. The molecule has 9 heteroatoms. The number of amides is 1. The number of carbonyl (C=O) groups is 2. The van der Waals surface area contributed by atoms with Gasteiger partial charge in [0.15, 0.2) is 5.71 Å². The number of carboxylic acid groups (broad SMARTS) is 1. The van der Waals surface area contributed by atoms with Crippen molar-refractivity contribution in [2.24, 2.45) is 5.16 Å². The van der Waals surface area contributed by atoms with E-state index in [0.29, 0.717) is 5.56 Å². The molecule has 1 heterocycles. The maximum Gasteiger partial charge on any atom is 0.353 e. The van der Waals surface area contributed by atoms with Gasteiger partial charge in [-0.1, -0.05) is 17.3 Å². The monoisotopic (exact) mass is 293 g/mol. The number of nitrogens with zero attached hydrogens (tertiary/aromatic N) is 2. The van der Waals surface area contributed by atoms with Gasteiger partial charge in [-0.15, -0.1) is 0 Å². The van der Waals surface area contributed by atoms with Crippen molar-refractivity contribution in [3.05, 3.63) is 39.9 Å². The molecule has 1 atom stereocenters. The molecule has 9 nitrogen and oxygen atoms in total. The summed E-state index contributed by atoms with van der Waals surface area (Å²) in [7, 11) is 0. The Balaban J connectivity index is 1.85. The van der Waals surface area contributed by atoms with E-state index in [0.717, 1.165) is 0 Å². The van der Waals surface area contributed by atoms with Gasteiger partial charge in [-0.3, -0.25) is 14.9 Å². The van der Waals surface area contributed by atoms with Crippen LogP contribution in [-0.4, -0.2) is 33.7 Å². The lowest BCUT2D eigenvalue weighted by molar-refractivity contribution is -0.384. The molecule has 0 bridgehead atoms. The summed E-state index contributed by atoms with van der Waals surface area (Å²) in [5, 5.41) is 25.0. The van der Waals surface area contributed by atoms with E-state index < -0.39 is 22.9 Å². The fraction of sp³-hybridized carbons (Fsp3) is 0.250. The Morgan fingerprint density at radius 1 is 1.43 bits per heavy atom. The van der Waals surface area contributed by atoms with Gasteiger partial charge in [0.25, 0.3) is 11.6 Å². The first-order chi connectivity index (χ1) is 9.97. The minimum absolute atomic E-state index is 0.0382. The lowest BCUT2D eigenvalue weighted by atomic mass is 10.1. The SMILES string of the molecule is O=C(O)C1=NOC(C(=O)NCc2ccc([N+](=O)[O-])cc2)C1. The molecule has 1 amide bonds. The summed E-state index contributed by atoms with van der Waals surface area (Å²) in [6, 6.07) is 5.71. The molecule has 1 unspecified atom stereocenters. The van der Waals surface area contributed by atoms with Gasteiger partial charge in [0, 0.05) is 25.1 Å². The normalized spacial score (nSPS) is 16.8. The fourth-order valence-corrected chi connectivity index (χ4v) is 1.68. The zero-order valence-electron chi connectivity index (χ0n) is 10.7. The number of carboxylic acids is 1. The molecule has 0 fully saturated rings. The van der Waals surface area contributed by atoms with E-state index in [1.807, 2.05) is 0 Å². The molecule has 110 valence electrons. The standard InChI is InChI=1S/C12H11N3O6/c16-11(10-5-9(12(17)18)14-21-10)13-6-7-1-3-8(4-2-7)15(19)20/h1-4,10H,5-6H2,(H,13,16)(H,17,18). The van der Waals surface area contributed by atoms with E-state index in [4.69, 9.17) is 9.94 Å². The lowest BCUT2D eigenvalue weighted by Crippen LogP contribution is -2.34. The Morgan fingerprint density at radius 2 is 2.10 bits per heavy atom. The molecule has 1 aromatic rings. The maximum absolute atomic E-state index is 11.8. The van der Waals surface area contributed by atoms with Gasteiger partial charge in [-0.25, -0.2) is 4.79 Å². The van der Waals surface area contributed by atoms with Gasteiger partial charge >= 0.3 is 5.97 Å². The average Bonchev–Trinajstić information content (AvgIpc) is 2.95. The molecule has 0 radical (unpaired) electrons. The number of carbonyl (C=O) groups excluding carboxylic acids is 1. The number of hydrogen-bond donors (Lipinski definition) is 2. The van der Waals surface area contributed by atoms with Crippen LogP contribution in [0.2, 0.25) is 0 Å². The largest absolute Gasteiger partial charge is 0.477 e. The third-order valence-corrected chi connectivity index (χ3v) is 2.82. The van der Waals surface area contributed by atoms with Gasteiger partial charge < -0.3 is 15.3 Å². The first kappa shape index (κ1) is 14.4. The van der Waals surface area contributed by atoms with E-state index in [9.17, 15) is 19.7 Å². The van der Waals surface area contributed by atoms with Gasteiger partial charge in [-0.2, -0.15) is 0 Å². The molecule has 0 aromatic heterocycles. The molecule has 1 aliphatic heterocycles. The van der Waals surface area contributed by atoms with Crippen molar-refractivity contribution in [2.75, 3.05) is 0 Å². The first-order valence-electron chi connectivity index (χ1n) is 5.94. The van der Waals surface area contributed by atoms with Gasteiger partial charge in [0.05, 0.1) is 4.92 Å². The van der Waals surface area contributed by atoms with Crippen LogP contribution in [0.3, 0.4) is 0 Å². The third kappa shape index (κ3) is 3.53. The Kier molecular flexibility index (Phi) is 4.12. The van der Waals surface area contributed by atoms with Gasteiger partial charge in [0.2, 0.25) is 6.10 Å². The molecule has 0 saturated carbocycles. The Morgan fingerprint density at radius 3 is 2.62 bits per heavy atom.